The molecule has 0 spiro atoms. The number of rotatable bonds is 9. The highest BCUT2D eigenvalue weighted by Gasteiger charge is 2.21. The van der Waals surface area contributed by atoms with Crippen LogP contribution in [-0.2, 0) is 29.0 Å². The maximum absolute atomic E-state index is 12.2. The van der Waals surface area contributed by atoms with Crippen molar-refractivity contribution < 1.29 is 14.7 Å². The van der Waals surface area contributed by atoms with E-state index >= 15 is 0 Å². The van der Waals surface area contributed by atoms with Gasteiger partial charge in [0, 0.05) is 37.0 Å². The minimum absolute atomic E-state index is 0.172. The number of pyridine rings is 1. The fourth-order valence-electron chi connectivity index (χ4n) is 2.89. The van der Waals surface area contributed by atoms with Crippen LogP contribution in [0.3, 0.4) is 0 Å². The van der Waals surface area contributed by atoms with E-state index in [0.717, 1.165) is 29.9 Å². The smallest absolute Gasteiger partial charge is 0.326 e. The number of nitrogens with one attached hydrogen (secondary N) is 1. The molecule has 2 heterocycles. The van der Waals surface area contributed by atoms with Gasteiger partial charge in [0.15, 0.2) is 0 Å². The topological polar surface area (TPSA) is 97.1 Å². The molecule has 0 aliphatic heterocycles. The van der Waals surface area contributed by atoms with Crippen LogP contribution in [0.15, 0.2) is 24.7 Å². The lowest BCUT2D eigenvalue weighted by Crippen LogP contribution is -2.42. The molecule has 140 valence electrons. The maximum atomic E-state index is 12.2. The zero-order chi connectivity index (χ0) is 19.1. The first-order valence-electron chi connectivity index (χ1n) is 8.84. The first-order valence-corrected chi connectivity index (χ1v) is 8.84. The van der Waals surface area contributed by atoms with Gasteiger partial charge in [0.2, 0.25) is 5.91 Å². The number of imidazole rings is 1. The highest BCUT2D eigenvalue weighted by atomic mass is 16.4. The summed E-state index contributed by atoms with van der Waals surface area (Å²) in [5, 5.41) is 12.0. The van der Waals surface area contributed by atoms with E-state index in [4.69, 9.17) is 0 Å². The van der Waals surface area contributed by atoms with Gasteiger partial charge >= 0.3 is 5.97 Å². The molecule has 0 bridgehead atoms. The van der Waals surface area contributed by atoms with E-state index in [1.807, 2.05) is 36.7 Å². The van der Waals surface area contributed by atoms with Crippen molar-refractivity contribution in [2.45, 2.75) is 59.0 Å². The highest BCUT2D eigenvalue weighted by Crippen LogP contribution is 2.08. The van der Waals surface area contributed by atoms with Gasteiger partial charge < -0.3 is 15.0 Å². The van der Waals surface area contributed by atoms with Crippen LogP contribution >= 0.6 is 0 Å². The van der Waals surface area contributed by atoms with Crippen molar-refractivity contribution in [3.63, 3.8) is 0 Å². The second-order valence-corrected chi connectivity index (χ2v) is 6.52. The molecule has 1 atom stereocenters. The number of aromatic nitrogens is 3. The van der Waals surface area contributed by atoms with Gasteiger partial charge in [0.25, 0.3) is 0 Å². The van der Waals surface area contributed by atoms with Crippen LogP contribution in [0.4, 0.5) is 0 Å². The normalized spacial score (nSPS) is 12.0. The molecule has 2 aromatic heterocycles. The molecular weight excluding hydrogens is 332 g/mol. The van der Waals surface area contributed by atoms with Gasteiger partial charge in [-0.1, -0.05) is 6.92 Å². The number of carboxylic acid groups (broad SMARTS) is 1. The summed E-state index contributed by atoms with van der Waals surface area (Å²) in [5.74, 6) is -1.34. The number of carbonyl (C=O) groups excluding carboxylic acids is 1. The second kappa shape index (κ2) is 9.12. The van der Waals surface area contributed by atoms with Gasteiger partial charge in [-0.25, -0.2) is 9.78 Å². The Bertz CT molecular complexity index is 750. The fourth-order valence-corrected chi connectivity index (χ4v) is 2.89. The van der Waals surface area contributed by atoms with Crippen molar-refractivity contribution in [1.82, 2.24) is 19.9 Å². The van der Waals surface area contributed by atoms with Crippen LogP contribution in [0.1, 0.15) is 42.4 Å². The first-order chi connectivity index (χ1) is 12.4. The molecule has 0 saturated heterocycles. The number of carboxylic acids is 1. The van der Waals surface area contributed by atoms with Crippen LogP contribution in [0.5, 0.6) is 0 Å². The maximum Gasteiger partial charge on any atom is 0.326 e. The van der Waals surface area contributed by atoms with Crippen molar-refractivity contribution in [2.24, 2.45) is 0 Å². The molecule has 0 aromatic carbocycles. The van der Waals surface area contributed by atoms with Crippen molar-refractivity contribution in [1.29, 1.82) is 0 Å². The third kappa shape index (κ3) is 5.98. The number of aryl methyl sites for hydroxylation is 4. The van der Waals surface area contributed by atoms with Crippen LogP contribution in [0.25, 0.3) is 0 Å². The average molecular weight is 358 g/mol. The van der Waals surface area contributed by atoms with Gasteiger partial charge in [-0.05, 0) is 44.4 Å². The first kappa shape index (κ1) is 19.6. The molecule has 0 radical (unpaired) electrons. The number of carbonyl (C=O) groups is 2. The minimum atomic E-state index is -1.06. The number of nitrogens with zero attached hydrogens (tertiary/aromatic N) is 3. The second-order valence-electron chi connectivity index (χ2n) is 6.52. The van der Waals surface area contributed by atoms with E-state index < -0.39 is 12.0 Å². The Kier molecular flexibility index (Phi) is 6.89. The minimum Gasteiger partial charge on any atom is -0.480 e. The molecule has 0 fully saturated rings. The van der Waals surface area contributed by atoms with E-state index in [1.54, 1.807) is 6.33 Å². The Balaban J connectivity index is 1.91. The standard InChI is InChI=1S/C19H26N4O3/c1-4-7-23-11-16(20-12-23)10-17(19(25)26)22-18(24)6-5-15-8-13(2)21-14(3)9-15/h8-9,11-12,17H,4-7,10H2,1-3H3,(H,22,24)(H,25,26)/t17-/m0/s1. The molecule has 0 unspecified atom stereocenters. The molecule has 2 rings (SSSR count). The summed E-state index contributed by atoms with van der Waals surface area (Å²) in [6.45, 7) is 6.72. The van der Waals surface area contributed by atoms with Crippen molar-refractivity contribution in [3.05, 3.63) is 47.3 Å². The number of hydrogen-bond donors (Lipinski definition) is 2. The molecule has 7 heteroatoms. The van der Waals surface area contributed by atoms with Crippen LogP contribution in [0.2, 0.25) is 0 Å². The summed E-state index contributed by atoms with van der Waals surface area (Å²) in [4.78, 5) is 32.2. The Morgan fingerprint density at radius 1 is 1.27 bits per heavy atom. The van der Waals surface area contributed by atoms with Crippen LogP contribution in [0, 0.1) is 13.8 Å². The predicted octanol–water partition coefficient (Wildman–Crippen LogP) is 2.05. The number of hydrogen-bond acceptors (Lipinski definition) is 4. The molecule has 0 aliphatic carbocycles. The number of aliphatic carboxylic acids is 1. The SMILES string of the molecule is CCCn1cnc(C[C@H](NC(=O)CCc2cc(C)nc(C)c2)C(=O)O)c1. The highest BCUT2D eigenvalue weighted by molar-refractivity contribution is 5.83. The van der Waals surface area contributed by atoms with E-state index in [-0.39, 0.29) is 18.7 Å². The average Bonchev–Trinajstić information content (AvgIpc) is 2.99. The van der Waals surface area contributed by atoms with E-state index in [9.17, 15) is 14.7 Å². The molecular formula is C19H26N4O3. The monoisotopic (exact) mass is 358 g/mol. The Labute approximate surface area is 153 Å². The van der Waals surface area contributed by atoms with E-state index in [2.05, 4.69) is 22.2 Å². The van der Waals surface area contributed by atoms with Crippen molar-refractivity contribution >= 4 is 11.9 Å². The van der Waals surface area contributed by atoms with Gasteiger partial charge in [-0.15, -0.1) is 0 Å². The molecule has 2 aromatic rings. The lowest BCUT2D eigenvalue weighted by Gasteiger charge is -2.13. The Morgan fingerprint density at radius 3 is 2.58 bits per heavy atom. The van der Waals surface area contributed by atoms with E-state index in [1.165, 1.54) is 0 Å². The number of amides is 1. The quantitative estimate of drug-likeness (QED) is 0.715. The summed E-state index contributed by atoms with van der Waals surface area (Å²) in [5.41, 5.74) is 3.50. The molecule has 1 amide bonds. The lowest BCUT2D eigenvalue weighted by molar-refractivity contribution is -0.141. The fraction of sp³-hybridized carbons (Fsp3) is 0.474. The van der Waals surface area contributed by atoms with Crippen LogP contribution < -0.4 is 5.32 Å². The summed E-state index contributed by atoms with van der Waals surface area (Å²) >= 11 is 0. The summed E-state index contributed by atoms with van der Waals surface area (Å²) in [6.07, 6.45) is 5.44. The van der Waals surface area contributed by atoms with Gasteiger partial charge in [-0.3, -0.25) is 9.78 Å². The lowest BCUT2D eigenvalue weighted by atomic mass is 10.1. The zero-order valence-corrected chi connectivity index (χ0v) is 15.5. The van der Waals surface area contributed by atoms with Gasteiger partial charge in [-0.2, -0.15) is 0 Å². The largest absolute Gasteiger partial charge is 0.480 e. The van der Waals surface area contributed by atoms with Crippen molar-refractivity contribution in [2.75, 3.05) is 0 Å². The van der Waals surface area contributed by atoms with Crippen molar-refractivity contribution in [3.8, 4) is 0 Å². The zero-order valence-electron chi connectivity index (χ0n) is 15.5. The summed E-state index contributed by atoms with van der Waals surface area (Å²) in [6, 6.07) is 2.90. The summed E-state index contributed by atoms with van der Waals surface area (Å²) < 4.78 is 1.92. The molecule has 0 aliphatic rings. The third-order valence-electron chi connectivity index (χ3n) is 4.00. The Morgan fingerprint density at radius 2 is 1.96 bits per heavy atom. The molecule has 26 heavy (non-hydrogen) atoms. The predicted molar refractivity (Wildman–Crippen MR) is 97.8 cm³/mol. The Hall–Kier alpha value is -2.70. The third-order valence-corrected chi connectivity index (χ3v) is 4.00. The van der Waals surface area contributed by atoms with E-state index in [0.29, 0.717) is 12.1 Å². The molecule has 7 nitrogen and oxygen atoms in total. The summed E-state index contributed by atoms with van der Waals surface area (Å²) in [7, 11) is 0. The molecule has 0 saturated carbocycles. The van der Waals surface area contributed by atoms with Crippen LogP contribution in [-0.4, -0.2) is 37.6 Å². The van der Waals surface area contributed by atoms with Gasteiger partial charge in [0.05, 0.1) is 12.0 Å². The van der Waals surface area contributed by atoms with Gasteiger partial charge in [0.1, 0.15) is 6.04 Å². The molecule has 2 N–H and O–H groups in total.